The molecule has 0 aliphatic carbocycles. The van der Waals surface area contributed by atoms with Crippen molar-refractivity contribution in [3.63, 3.8) is 0 Å². The third-order valence-electron chi connectivity index (χ3n) is 2.31. The lowest BCUT2D eigenvalue weighted by Crippen LogP contribution is -2.16. The monoisotopic (exact) mass is 211 g/mol. The highest BCUT2D eigenvalue weighted by Gasteiger charge is 2.10. The van der Waals surface area contributed by atoms with Gasteiger partial charge in [0.2, 0.25) is 0 Å². The number of aromatic nitrogens is 2. The van der Waals surface area contributed by atoms with Crippen LogP contribution in [0.25, 0.3) is 0 Å². The van der Waals surface area contributed by atoms with Crippen molar-refractivity contribution in [3.8, 4) is 0 Å². The zero-order valence-corrected chi connectivity index (χ0v) is 9.82. The standard InChI is InChI=1S/C11H21N3O/c1-9(2)11-10(8-14(3)13-11)7-12-5-4-6-15/h8-9,12,15H,4-7H2,1-3H3. The molecule has 15 heavy (non-hydrogen) atoms. The molecule has 0 saturated heterocycles. The number of hydrogen-bond donors (Lipinski definition) is 2. The maximum Gasteiger partial charge on any atom is 0.0694 e. The Morgan fingerprint density at radius 3 is 2.87 bits per heavy atom. The van der Waals surface area contributed by atoms with Crippen molar-refractivity contribution in [2.45, 2.75) is 32.7 Å². The highest BCUT2D eigenvalue weighted by atomic mass is 16.3. The van der Waals surface area contributed by atoms with Crippen LogP contribution in [0.1, 0.15) is 37.4 Å². The van der Waals surface area contributed by atoms with E-state index in [0.717, 1.165) is 25.2 Å². The summed E-state index contributed by atoms with van der Waals surface area (Å²) in [5, 5.41) is 16.4. The Morgan fingerprint density at radius 1 is 1.53 bits per heavy atom. The van der Waals surface area contributed by atoms with Crippen LogP contribution < -0.4 is 5.32 Å². The zero-order valence-electron chi connectivity index (χ0n) is 9.82. The van der Waals surface area contributed by atoms with Gasteiger partial charge in [0.1, 0.15) is 0 Å². The average molecular weight is 211 g/mol. The summed E-state index contributed by atoms with van der Waals surface area (Å²) in [6, 6.07) is 0. The number of aliphatic hydroxyl groups is 1. The fourth-order valence-corrected chi connectivity index (χ4v) is 1.60. The Kier molecular flexibility index (Phi) is 4.78. The SMILES string of the molecule is CC(C)c1nn(C)cc1CNCCCO. The third-order valence-corrected chi connectivity index (χ3v) is 2.31. The van der Waals surface area contributed by atoms with Crippen molar-refractivity contribution < 1.29 is 5.11 Å². The number of nitrogens with zero attached hydrogens (tertiary/aromatic N) is 2. The lowest BCUT2D eigenvalue weighted by atomic mass is 10.1. The molecule has 1 heterocycles. The molecule has 0 aliphatic heterocycles. The van der Waals surface area contributed by atoms with Crippen molar-refractivity contribution >= 4 is 0 Å². The molecule has 4 nitrogen and oxygen atoms in total. The van der Waals surface area contributed by atoms with Gasteiger partial charge in [0.05, 0.1) is 5.69 Å². The number of aryl methyl sites for hydroxylation is 1. The number of hydrogen-bond acceptors (Lipinski definition) is 3. The van der Waals surface area contributed by atoms with Crippen LogP contribution in [0.4, 0.5) is 0 Å². The normalized spacial score (nSPS) is 11.3. The molecule has 0 spiro atoms. The van der Waals surface area contributed by atoms with Gasteiger partial charge < -0.3 is 10.4 Å². The first-order valence-electron chi connectivity index (χ1n) is 5.49. The average Bonchev–Trinajstić information content (AvgIpc) is 2.55. The zero-order chi connectivity index (χ0) is 11.3. The summed E-state index contributed by atoms with van der Waals surface area (Å²) >= 11 is 0. The Hall–Kier alpha value is -0.870. The van der Waals surface area contributed by atoms with Crippen molar-refractivity contribution in [1.29, 1.82) is 0 Å². The minimum absolute atomic E-state index is 0.247. The highest BCUT2D eigenvalue weighted by molar-refractivity contribution is 5.19. The second-order valence-corrected chi connectivity index (χ2v) is 4.12. The van der Waals surface area contributed by atoms with Gasteiger partial charge in [0, 0.05) is 32.0 Å². The predicted octanol–water partition coefficient (Wildman–Crippen LogP) is 1.02. The van der Waals surface area contributed by atoms with Crippen molar-refractivity contribution in [1.82, 2.24) is 15.1 Å². The molecule has 0 fully saturated rings. The summed E-state index contributed by atoms with van der Waals surface area (Å²) < 4.78 is 1.86. The summed E-state index contributed by atoms with van der Waals surface area (Å²) in [4.78, 5) is 0. The van der Waals surface area contributed by atoms with Crippen LogP contribution in [0, 0.1) is 0 Å². The van der Waals surface area contributed by atoms with Crippen LogP contribution in [0.2, 0.25) is 0 Å². The van der Waals surface area contributed by atoms with E-state index in [4.69, 9.17) is 5.11 Å². The van der Waals surface area contributed by atoms with Crippen LogP contribution in [-0.4, -0.2) is 28.0 Å². The Balaban J connectivity index is 2.52. The fourth-order valence-electron chi connectivity index (χ4n) is 1.60. The van der Waals surface area contributed by atoms with E-state index in [1.165, 1.54) is 5.56 Å². The van der Waals surface area contributed by atoms with E-state index < -0.39 is 0 Å². The lowest BCUT2D eigenvalue weighted by Gasteiger charge is -2.06. The summed E-state index contributed by atoms with van der Waals surface area (Å²) in [5.74, 6) is 0.459. The molecule has 1 aromatic rings. The second kappa shape index (κ2) is 5.88. The van der Waals surface area contributed by atoms with Crippen LogP contribution in [0.3, 0.4) is 0 Å². The number of rotatable bonds is 6. The first kappa shape index (κ1) is 12.2. The molecule has 1 aromatic heterocycles. The summed E-state index contributed by atoms with van der Waals surface area (Å²) in [6.45, 7) is 6.24. The predicted molar refractivity (Wildman–Crippen MR) is 60.7 cm³/mol. The maximum absolute atomic E-state index is 8.65. The first-order chi connectivity index (χ1) is 7.15. The van der Waals surface area contributed by atoms with E-state index in [1.54, 1.807) is 0 Å². The smallest absolute Gasteiger partial charge is 0.0694 e. The molecule has 86 valence electrons. The minimum atomic E-state index is 0.247. The Labute approximate surface area is 91.3 Å². The van der Waals surface area contributed by atoms with Gasteiger partial charge in [-0.25, -0.2) is 0 Å². The largest absolute Gasteiger partial charge is 0.396 e. The van der Waals surface area contributed by atoms with Crippen LogP contribution in [0.15, 0.2) is 6.20 Å². The van der Waals surface area contributed by atoms with Gasteiger partial charge in [-0.3, -0.25) is 4.68 Å². The van der Waals surface area contributed by atoms with E-state index in [-0.39, 0.29) is 6.61 Å². The molecule has 4 heteroatoms. The topological polar surface area (TPSA) is 50.1 Å². The fraction of sp³-hybridized carbons (Fsp3) is 0.727. The molecule has 1 rings (SSSR count). The van der Waals surface area contributed by atoms with Crippen LogP contribution in [-0.2, 0) is 13.6 Å². The van der Waals surface area contributed by atoms with Crippen LogP contribution in [0.5, 0.6) is 0 Å². The molecule has 0 saturated carbocycles. The Morgan fingerprint density at radius 2 is 2.27 bits per heavy atom. The molecule has 0 aliphatic rings. The van der Waals surface area contributed by atoms with Crippen molar-refractivity contribution in [2.75, 3.05) is 13.2 Å². The van der Waals surface area contributed by atoms with Crippen molar-refractivity contribution in [3.05, 3.63) is 17.5 Å². The summed E-state index contributed by atoms with van der Waals surface area (Å²) in [6.07, 6.45) is 2.86. The molecular weight excluding hydrogens is 190 g/mol. The molecule has 0 aromatic carbocycles. The van der Waals surface area contributed by atoms with Gasteiger partial charge in [0.25, 0.3) is 0 Å². The molecule has 2 N–H and O–H groups in total. The number of nitrogens with one attached hydrogen (secondary N) is 1. The molecule has 0 bridgehead atoms. The first-order valence-corrected chi connectivity index (χ1v) is 5.49. The molecule has 0 atom stereocenters. The van der Waals surface area contributed by atoms with Gasteiger partial charge in [-0.2, -0.15) is 5.10 Å². The van der Waals surface area contributed by atoms with Crippen LogP contribution >= 0.6 is 0 Å². The quantitative estimate of drug-likeness (QED) is 0.691. The molecule has 0 unspecified atom stereocenters. The molecule has 0 radical (unpaired) electrons. The maximum atomic E-state index is 8.65. The molecular formula is C11H21N3O. The van der Waals surface area contributed by atoms with E-state index >= 15 is 0 Å². The van der Waals surface area contributed by atoms with Crippen molar-refractivity contribution in [2.24, 2.45) is 7.05 Å². The van der Waals surface area contributed by atoms with E-state index in [9.17, 15) is 0 Å². The van der Waals surface area contributed by atoms with Gasteiger partial charge in [-0.15, -0.1) is 0 Å². The van der Waals surface area contributed by atoms with E-state index in [2.05, 4.69) is 30.5 Å². The van der Waals surface area contributed by atoms with E-state index in [0.29, 0.717) is 5.92 Å². The summed E-state index contributed by atoms with van der Waals surface area (Å²) in [7, 11) is 1.95. The van der Waals surface area contributed by atoms with Gasteiger partial charge in [-0.1, -0.05) is 13.8 Å². The van der Waals surface area contributed by atoms with E-state index in [1.807, 2.05) is 11.7 Å². The van der Waals surface area contributed by atoms with Gasteiger partial charge >= 0.3 is 0 Å². The molecule has 0 amide bonds. The lowest BCUT2D eigenvalue weighted by molar-refractivity contribution is 0.286. The Bertz CT molecular complexity index is 294. The van der Waals surface area contributed by atoms with Gasteiger partial charge in [0.15, 0.2) is 0 Å². The third kappa shape index (κ3) is 3.64. The minimum Gasteiger partial charge on any atom is -0.396 e. The second-order valence-electron chi connectivity index (χ2n) is 4.12. The van der Waals surface area contributed by atoms with Gasteiger partial charge in [-0.05, 0) is 18.9 Å². The number of aliphatic hydroxyl groups excluding tert-OH is 1. The highest BCUT2D eigenvalue weighted by Crippen LogP contribution is 2.16. The summed E-state index contributed by atoms with van der Waals surface area (Å²) in [5.41, 5.74) is 2.42.